The molecule has 1 aliphatic heterocycles. The largest absolute Gasteiger partial charge is 0.375 e. The summed E-state index contributed by atoms with van der Waals surface area (Å²) in [5, 5.41) is 6.58. The van der Waals surface area contributed by atoms with Crippen molar-refractivity contribution in [3.05, 3.63) is 35.6 Å². The predicted octanol–water partition coefficient (Wildman–Crippen LogP) is 1.88. The van der Waals surface area contributed by atoms with Gasteiger partial charge in [-0.25, -0.2) is 17.1 Å². The van der Waals surface area contributed by atoms with Gasteiger partial charge in [0.1, 0.15) is 5.82 Å². The van der Waals surface area contributed by atoms with E-state index in [4.69, 9.17) is 4.74 Å². The molecular formula is C19H31FN4O3S. The summed E-state index contributed by atoms with van der Waals surface area (Å²) >= 11 is 0. The number of ether oxygens (including phenoxy) is 1. The second-order valence-electron chi connectivity index (χ2n) is 6.86. The molecule has 1 aromatic carbocycles. The van der Waals surface area contributed by atoms with Crippen molar-refractivity contribution in [1.29, 1.82) is 0 Å². The highest BCUT2D eigenvalue weighted by atomic mass is 32.2. The quantitative estimate of drug-likeness (QED) is 0.501. The highest BCUT2D eigenvalue weighted by molar-refractivity contribution is 7.89. The van der Waals surface area contributed by atoms with E-state index < -0.39 is 10.0 Å². The van der Waals surface area contributed by atoms with Crippen molar-refractivity contribution in [3.63, 3.8) is 0 Å². The summed E-state index contributed by atoms with van der Waals surface area (Å²) in [4.78, 5) is 4.24. The monoisotopic (exact) mass is 414 g/mol. The van der Waals surface area contributed by atoms with Gasteiger partial charge in [0.2, 0.25) is 10.0 Å². The Bertz CT molecular complexity index is 732. The van der Waals surface area contributed by atoms with Crippen LogP contribution < -0.4 is 10.6 Å². The number of rotatable bonds is 8. The van der Waals surface area contributed by atoms with Crippen LogP contribution in [-0.2, 0) is 14.8 Å². The summed E-state index contributed by atoms with van der Waals surface area (Å²) in [6, 6.07) is 6.39. The number of nitrogens with one attached hydrogen (secondary N) is 2. The molecule has 9 heteroatoms. The lowest BCUT2D eigenvalue weighted by molar-refractivity contribution is 0.106. The van der Waals surface area contributed by atoms with Crippen LogP contribution in [0.3, 0.4) is 0 Å². The maximum atomic E-state index is 13.1. The van der Waals surface area contributed by atoms with Gasteiger partial charge in [0.05, 0.1) is 11.9 Å². The number of aliphatic imine (C=N–C) groups is 1. The first-order valence-electron chi connectivity index (χ1n) is 9.62. The van der Waals surface area contributed by atoms with E-state index >= 15 is 0 Å². The molecule has 0 saturated carbocycles. The van der Waals surface area contributed by atoms with Crippen molar-refractivity contribution in [2.24, 2.45) is 4.99 Å². The summed E-state index contributed by atoms with van der Waals surface area (Å²) in [5.74, 6) is 0.561. The summed E-state index contributed by atoms with van der Waals surface area (Å²) in [6.07, 6.45) is 1.86. The van der Waals surface area contributed by atoms with E-state index in [1.807, 2.05) is 6.92 Å². The zero-order valence-corrected chi connectivity index (χ0v) is 17.6. The highest BCUT2D eigenvalue weighted by Gasteiger charge is 2.27. The fourth-order valence-corrected chi connectivity index (χ4v) is 4.80. The van der Waals surface area contributed by atoms with Gasteiger partial charge in [0, 0.05) is 39.8 Å². The van der Waals surface area contributed by atoms with Crippen LogP contribution in [0.25, 0.3) is 0 Å². The molecule has 1 unspecified atom stereocenters. The van der Waals surface area contributed by atoms with Crippen molar-refractivity contribution in [2.75, 3.05) is 39.5 Å². The van der Waals surface area contributed by atoms with E-state index in [0.717, 1.165) is 18.4 Å². The molecule has 2 rings (SSSR count). The lowest BCUT2D eigenvalue weighted by atomic mass is 10.1. The van der Waals surface area contributed by atoms with E-state index in [1.165, 1.54) is 12.1 Å². The molecule has 0 aromatic heterocycles. The minimum absolute atomic E-state index is 0.158. The number of benzene rings is 1. The van der Waals surface area contributed by atoms with Gasteiger partial charge < -0.3 is 15.4 Å². The van der Waals surface area contributed by atoms with Crippen LogP contribution in [0.4, 0.5) is 4.39 Å². The van der Waals surface area contributed by atoms with Gasteiger partial charge in [-0.2, -0.15) is 0 Å². The van der Waals surface area contributed by atoms with Crippen LogP contribution in [0.2, 0.25) is 0 Å². The molecule has 158 valence electrons. The molecule has 1 heterocycles. The van der Waals surface area contributed by atoms with Crippen LogP contribution in [0.5, 0.6) is 0 Å². The van der Waals surface area contributed by atoms with E-state index in [9.17, 15) is 12.8 Å². The Morgan fingerprint density at radius 1 is 1.32 bits per heavy atom. The van der Waals surface area contributed by atoms with Crippen LogP contribution in [0, 0.1) is 5.82 Å². The fraction of sp³-hybridized carbons (Fsp3) is 0.632. The molecule has 1 aliphatic rings. The summed E-state index contributed by atoms with van der Waals surface area (Å²) < 4.78 is 44.5. The van der Waals surface area contributed by atoms with E-state index in [2.05, 4.69) is 15.6 Å². The highest BCUT2D eigenvalue weighted by Crippen LogP contribution is 2.17. The molecule has 1 fully saturated rings. The van der Waals surface area contributed by atoms with Gasteiger partial charge in [-0.1, -0.05) is 19.1 Å². The zero-order chi connectivity index (χ0) is 20.6. The second-order valence-corrected chi connectivity index (χ2v) is 8.95. The average Bonchev–Trinajstić information content (AvgIpc) is 2.69. The van der Waals surface area contributed by atoms with Crippen molar-refractivity contribution in [2.45, 2.75) is 38.3 Å². The third-order valence-corrected chi connectivity index (χ3v) is 6.93. The smallest absolute Gasteiger partial charge is 0.214 e. The first-order valence-corrected chi connectivity index (χ1v) is 11.2. The minimum Gasteiger partial charge on any atom is -0.375 e. The number of guanidine groups is 1. The Balaban J connectivity index is 1.84. The van der Waals surface area contributed by atoms with Crippen LogP contribution >= 0.6 is 0 Å². The first kappa shape index (κ1) is 22.6. The van der Waals surface area contributed by atoms with Crippen LogP contribution in [0.15, 0.2) is 29.3 Å². The summed E-state index contributed by atoms with van der Waals surface area (Å²) in [5.41, 5.74) is 0.876. The zero-order valence-electron chi connectivity index (χ0n) is 16.8. The number of halogens is 1. The third-order valence-electron chi connectivity index (χ3n) is 4.86. The molecule has 1 atom stereocenters. The van der Waals surface area contributed by atoms with Gasteiger partial charge in [0.15, 0.2) is 5.96 Å². The molecule has 0 spiro atoms. The van der Waals surface area contributed by atoms with Crippen LogP contribution in [-0.4, -0.2) is 64.3 Å². The normalized spacial score (nSPS) is 18.1. The molecule has 0 aliphatic carbocycles. The van der Waals surface area contributed by atoms with Gasteiger partial charge in [-0.15, -0.1) is 0 Å². The number of methoxy groups -OCH3 is 1. The molecule has 0 radical (unpaired) electrons. The second kappa shape index (κ2) is 10.7. The number of sulfonamides is 1. The van der Waals surface area contributed by atoms with Crippen molar-refractivity contribution < 1.29 is 17.5 Å². The van der Waals surface area contributed by atoms with Crippen molar-refractivity contribution in [3.8, 4) is 0 Å². The van der Waals surface area contributed by atoms with Crippen LogP contribution in [0.1, 0.15) is 37.9 Å². The SMILES string of the molecule is CCCS(=O)(=O)N1CCC(NC(=NC)NCC(OC)c2ccc(F)cc2)CC1. The maximum Gasteiger partial charge on any atom is 0.214 e. The van der Waals surface area contributed by atoms with E-state index in [1.54, 1.807) is 30.6 Å². The van der Waals surface area contributed by atoms with Gasteiger partial charge in [0.25, 0.3) is 0 Å². The predicted molar refractivity (Wildman–Crippen MR) is 109 cm³/mol. The molecule has 7 nitrogen and oxygen atoms in total. The molecule has 0 bridgehead atoms. The first-order chi connectivity index (χ1) is 13.4. The molecule has 28 heavy (non-hydrogen) atoms. The molecular weight excluding hydrogens is 383 g/mol. The number of hydrogen-bond donors (Lipinski definition) is 2. The Kier molecular flexibility index (Phi) is 8.65. The topological polar surface area (TPSA) is 83.0 Å². The minimum atomic E-state index is -3.13. The third kappa shape index (κ3) is 6.42. The molecule has 0 amide bonds. The lowest BCUT2D eigenvalue weighted by Gasteiger charge is -2.32. The number of hydrogen-bond acceptors (Lipinski definition) is 4. The van der Waals surface area contributed by atoms with Crippen molar-refractivity contribution >= 4 is 16.0 Å². The maximum absolute atomic E-state index is 13.1. The summed E-state index contributed by atoms with van der Waals surface area (Å²) in [6.45, 7) is 3.40. The Hall–Kier alpha value is -1.71. The molecule has 1 saturated heterocycles. The van der Waals surface area contributed by atoms with E-state index in [-0.39, 0.29) is 23.7 Å². The standard InChI is InChI=1S/C19H31FN4O3S/c1-4-13-28(25,26)24-11-9-17(10-12-24)23-19(21-2)22-14-18(27-3)15-5-7-16(20)8-6-15/h5-8,17-18H,4,9-14H2,1-3H3,(H2,21,22,23). The van der Waals surface area contributed by atoms with Gasteiger partial charge >= 0.3 is 0 Å². The number of piperidine rings is 1. The molecule has 2 N–H and O–H groups in total. The lowest BCUT2D eigenvalue weighted by Crippen LogP contribution is -2.50. The fourth-order valence-electron chi connectivity index (χ4n) is 3.26. The Morgan fingerprint density at radius 2 is 1.96 bits per heavy atom. The average molecular weight is 415 g/mol. The molecule has 1 aromatic rings. The van der Waals surface area contributed by atoms with Crippen molar-refractivity contribution in [1.82, 2.24) is 14.9 Å². The Labute approximate surface area is 167 Å². The van der Waals surface area contributed by atoms with Gasteiger partial charge in [-0.3, -0.25) is 4.99 Å². The van der Waals surface area contributed by atoms with Gasteiger partial charge in [-0.05, 0) is 37.0 Å². The summed E-state index contributed by atoms with van der Waals surface area (Å²) in [7, 11) is 0.167. The number of nitrogens with zero attached hydrogens (tertiary/aromatic N) is 2. The van der Waals surface area contributed by atoms with E-state index in [0.29, 0.717) is 32.0 Å². The Morgan fingerprint density at radius 3 is 2.50 bits per heavy atom.